The van der Waals surface area contributed by atoms with Crippen molar-refractivity contribution in [3.05, 3.63) is 39.9 Å². The Morgan fingerprint density at radius 1 is 1.58 bits per heavy atom. The number of guanidine groups is 1. The largest absolute Gasteiger partial charge is 0.353 e. The molecule has 102 valence electrons. The molecule has 2 rings (SSSR count). The average molecular weight is 262 g/mol. The van der Waals surface area contributed by atoms with Crippen molar-refractivity contribution >= 4 is 11.6 Å². The fourth-order valence-corrected chi connectivity index (χ4v) is 1.86. The molecule has 6 heteroatoms. The van der Waals surface area contributed by atoms with Crippen LogP contribution in [0, 0.1) is 16.0 Å². The maximum absolute atomic E-state index is 10.7. The minimum atomic E-state index is -0.386. The fourth-order valence-electron chi connectivity index (χ4n) is 1.86. The number of hydrogen-bond donors (Lipinski definition) is 2. The van der Waals surface area contributed by atoms with Crippen molar-refractivity contribution < 1.29 is 4.92 Å². The molecule has 1 fully saturated rings. The second-order valence-corrected chi connectivity index (χ2v) is 4.82. The molecule has 0 aromatic heterocycles. The van der Waals surface area contributed by atoms with E-state index in [1.807, 2.05) is 6.07 Å². The van der Waals surface area contributed by atoms with Crippen LogP contribution in [-0.4, -0.2) is 24.0 Å². The van der Waals surface area contributed by atoms with E-state index >= 15 is 0 Å². The van der Waals surface area contributed by atoms with E-state index in [9.17, 15) is 10.1 Å². The third kappa shape index (κ3) is 3.67. The average Bonchev–Trinajstić information content (AvgIpc) is 3.10. The SMILES string of the molecule is CN=C(NCc1cccc([N+](=O)[O-])c1)NC1CC1C. The van der Waals surface area contributed by atoms with Gasteiger partial charge in [0.25, 0.3) is 5.69 Å². The van der Waals surface area contributed by atoms with Gasteiger partial charge in [0, 0.05) is 31.8 Å². The molecule has 0 spiro atoms. The quantitative estimate of drug-likeness (QED) is 0.374. The topological polar surface area (TPSA) is 79.6 Å². The summed E-state index contributed by atoms with van der Waals surface area (Å²) >= 11 is 0. The van der Waals surface area contributed by atoms with E-state index in [1.165, 1.54) is 6.07 Å². The van der Waals surface area contributed by atoms with Crippen LogP contribution in [0.15, 0.2) is 29.3 Å². The van der Waals surface area contributed by atoms with E-state index in [4.69, 9.17) is 0 Å². The molecule has 0 heterocycles. The van der Waals surface area contributed by atoms with Gasteiger partial charge in [0.1, 0.15) is 0 Å². The highest BCUT2D eigenvalue weighted by Gasteiger charge is 2.33. The van der Waals surface area contributed by atoms with E-state index in [1.54, 1.807) is 19.2 Å². The fraction of sp³-hybridized carbons (Fsp3) is 0.462. The Labute approximate surface area is 112 Å². The molecule has 0 amide bonds. The van der Waals surface area contributed by atoms with E-state index in [-0.39, 0.29) is 10.6 Å². The molecule has 0 saturated heterocycles. The maximum atomic E-state index is 10.7. The van der Waals surface area contributed by atoms with Crippen LogP contribution in [0.25, 0.3) is 0 Å². The highest BCUT2D eigenvalue weighted by molar-refractivity contribution is 5.80. The lowest BCUT2D eigenvalue weighted by molar-refractivity contribution is -0.384. The van der Waals surface area contributed by atoms with Gasteiger partial charge in [-0.3, -0.25) is 15.1 Å². The summed E-state index contributed by atoms with van der Waals surface area (Å²) in [5.74, 6) is 1.43. The number of hydrogen-bond acceptors (Lipinski definition) is 3. The summed E-state index contributed by atoms with van der Waals surface area (Å²) in [4.78, 5) is 14.4. The molecule has 1 aromatic rings. The molecule has 0 aliphatic heterocycles. The number of nitro groups is 1. The van der Waals surface area contributed by atoms with Gasteiger partial charge in [-0.05, 0) is 17.9 Å². The molecule has 0 radical (unpaired) electrons. The predicted octanol–water partition coefficient (Wildman–Crippen LogP) is 1.67. The molecule has 2 N–H and O–H groups in total. The Balaban J connectivity index is 1.90. The molecule has 1 aliphatic rings. The van der Waals surface area contributed by atoms with Gasteiger partial charge in [0.2, 0.25) is 0 Å². The lowest BCUT2D eigenvalue weighted by Gasteiger charge is -2.11. The zero-order valence-electron chi connectivity index (χ0n) is 11.1. The van der Waals surface area contributed by atoms with Crippen LogP contribution in [0.1, 0.15) is 18.9 Å². The number of aliphatic imine (C=N–C) groups is 1. The van der Waals surface area contributed by atoms with Crippen molar-refractivity contribution in [1.29, 1.82) is 0 Å². The van der Waals surface area contributed by atoms with Gasteiger partial charge < -0.3 is 10.6 Å². The van der Waals surface area contributed by atoms with Crippen LogP contribution in [0.5, 0.6) is 0 Å². The van der Waals surface area contributed by atoms with Gasteiger partial charge in [-0.1, -0.05) is 19.1 Å². The number of nitro benzene ring substituents is 1. The first-order valence-electron chi connectivity index (χ1n) is 6.30. The number of benzene rings is 1. The minimum Gasteiger partial charge on any atom is -0.353 e. The summed E-state index contributed by atoms with van der Waals surface area (Å²) in [6, 6.07) is 7.10. The Morgan fingerprint density at radius 3 is 2.89 bits per heavy atom. The second-order valence-electron chi connectivity index (χ2n) is 4.82. The van der Waals surface area contributed by atoms with Crippen molar-refractivity contribution in [2.75, 3.05) is 7.05 Å². The summed E-state index contributed by atoms with van der Waals surface area (Å²) < 4.78 is 0. The van der Waals surface area contributed by atoms with Crippen LogP contribution in [0.2, 0.25) is 0 Å². The van der Waals surface area contributed by atoms with Gasteiger partial charge in [0.15, 0.2) is 5.96 Å². The number of nitrogens with zero attached hydrogens (tertiary/aromatic N) is 2. The van der Waals surface area contributed by atoms with Crippen molar-refractivity contribution in [2.45, 2.75) is 25.9 Å². The Kier molecular flexibility index (Phi) is 3.99. The predicted molar refractivity (Wildman–Crippen MR) is 74.0 cm³/mol. The van der Waals surface area contributed by atoms with Gasteiger partial charge in [-0.25, -0.2) is 0 Å². The normalized spacial score (nSPS) is 21.9. The third-order valence-electron chi connectivity index (χ3n) is 3.24. The summed E-state index contributed by atoms with van der Waals surface area (Å²) in [5, 5.41) is 17.1. The van der Waals surface area contributed by atoms with Gasteiger partial charge in [-0.15, -0.1) is 0 Å². The van der Waals surface area contributed by atoms with Crippen molar-refractivity contribution in [3.63, 3.8) is 0 Å². The van der Waals surface area contributed by atoms with Crippen LogP contribution >= 0.6 is 0 Å². The van der Waals surface area contributed by atoms with Gasteiger partial charge in [0.05, 0.1) is 4.92 Å². The first kappa shape index (κ1) is 13.3. The lowest BCUT2D eigenvalue weighted by atomic mass is 10.2. The molecule has 19 heavy (non-hydrogen) atoms. The van der Waals surface area contributed by atoms with Crippen LogP contribution in [-0.2, 0) is 6.54 Å². The van der Waals surface area contributed by atoms with Crippen molar-refractivity contribution in [3.8, 4) is 0 Å². The molecule has 6 nitrogen and oxygen atoms in total. The molecule has 2 unspecified atom stereocenters. The first-order chi connectivity index (χ1) is 9.10. The van der Waals surface area contributed by atoms with Gasteiger partial charge in [-0.2, -0.15) is 0 Å². The van der Waals surface area contributed by atoms with E-state index < -0.39 is 0 Å². The molecule has 1 aromatic carbocycles. The zero-order chi connectivity index (χ0) is 13.8. The second kappa shape index (κ2) is 5.69. The number of rotatable bonds is 4. The van der Waals surface area contributed by atoms with E-state index in [2.05, 4.69) is 22.5 Å². The smallest absolute Gasteiger partial charge is 0.269 e. The van der Waals surface area contributed by atoms with Crippen molar-refractivity contribution in [1.82, 2.24) is 10.6 Å². The molecular weight excluding hydrogens is 244 g/mol. The zero-order valence-corrected chi connectivity index (χ0v) is 11.1. The Hall–Kier alpha value is -2.11. The monoisotopic (exact) mass is 262 g/mol. The van der Waals surface area contributed by atoms with Crippen LogP contribution in [0.4, 0.5) is 5.69 Å². The van der Waals surface area contributed by atoms with Gasteiger partial charge >= 0.3 is 0 Å². The van der Waals surface area contributed by atoms with E-state index in [0.717, 1.165) is 17.9 Å². The molecule has 1 saturated carbocycles. The first-order valence-corrected chi connectivity index (χ1v) is 6.30. The van der Waals surface area contributed by atoms with Crippen LogP contribution < -0.4 is 10.6 Å². The molecular formula is C13H18N4O2. The molecule has 0 bridgehead atoms. The molecule has 2 atom stereocenters. The Morgan fingerprint density at radius 2 is 2.32 bits per heavy atom. The van der Waals surface area contributed by atoms with Crippen molar-refractivity contribution in [2.24, 2.45) is 10.9 Å². The lowest BCUT2D eigenvalue weighted by Crippen LogP contribution is -2.38. The summed E-state index contributed by atoms with van der Waals surface area (Å²) in [7, 11) is 1.72. The highest BCUT2D eigenvalue weighted by atomic mass is 16.6. The standard InChI is InChI=1S/C13H18N4O2/c1-9-6-12(9)16-13(14-2)15-8-10-4-3-5-11(7-10)17(18)19/h3-5,7,9,12H,6,8H2,1-2H3,(H2,14,15,16). The summed E-state index contributed by atoms with van der Waals surface area (Å²) in [6.07, 6.45) is 1.16. The van der Waals surface area contributed by atoms with E-state index in [0.29, 0.717) is 18.5 Å². The number of non-ortho nitro benzene ring substituents is 1. The number of nitrogens with one attached hydrogen (secondary N) is 2. The highest BCUT2D eigenvalue weighted by Crippen LogP contribution is 2.28. The maximum Gasteiger partial charge on any atom is 0.269 e. The third-order valence-corrected chi connectivity index (χ3v) is 3.24. The Bertz CT molecular complexity index is 501. The summed E-state index contributed by atoms with van der Waals surface area (Å²) in [6.45, 7) is 2.70. The minimum absolute atomic E-state index is 0.109. The summed E-state index contributed by atoms with van der Waals surface area (Å²) in [5.41, 5.74) is 0.971. The molecule has 1 aliphatic carbocycles. The van der Waals surface area contributed by atoms with Crippen LogP contribution in [0.3, 0.4) is 0 Å².